The number of nitriles is 1. The van der Waals surface area contributed by atoms with Gasteiger partial charge in [-0.05, 0) is 35.9 Å². The molecule has 0 aliphatic rings. The van der Waals surface area contributed by atoms with E-state index < -0.39 is 10.1 Å². The standard InChI is InChI=1S/C17H16N2O5S/c1-22-16-5-4-13(10-17(16)23-2)15-9-12(6-7-19-15)8-14(11-18)24-25(3,20)21/h4-10H,1-3H3. The van der Waals surface area contributed by atoms with Crippen molar-refractivity contribution in [3.63, 3.8) is 0 Å². The minimum absolute atomic E-state index is 0.327. The van der Waals surface area contributed by atoms with Crippen molar-refractivity contribution in [2.24, 2.45) is 0 Å². The SMILES string of the molecule is COc1ccc(-c2cc(C=C(C#N)OS(C)(=O)=O)ccn2)cc1OC. The highest BCUT2D eigenvalue weighted by Crippen LogP contribution is 2.31. The van der Waals surface area contributed by atoms with E-state index in [0.717, 1.165) is 11.8 Å². The first-order valence-corrected chi connectivity index (χ1v) is 8.87. The van der Waals surface area contributed by atoms with Gasteiger partial charge < -0.3 is 13.7 Å². The molecular formula is C17H16N2O5S. The molecule has 0 unspecified atom stereocenters. The lowest BCUT2D eigenvalue weighted by atomic mass is 10.1. The molecule has 1 heterocycles. The van der Waals surface area contributed by atoms with Gasteiger partial charge in [0.05, 0.1) is 26.2 Å². The number of benzene rings is 1. The molecule has 8 heteroatoms. The maximum absolute atomic E-state index is 11.2. The van der Waals surface area contributed by atoms with Crippen LogP contribution in [0.25, 0.3) is 17.3 Å². The summed E-state index contributed by atoms with van der Waals surface area (Å²) in [7, 11) is -0.686. The number of hydrogen-bond acceptors (Lipinski definition) is 7. The normalized spacial score (nSPS) is 11.5. The molecule has 2 rings (SSSR count). The summed E-state index contributed by atoms with van der Waals surface area (Å²) >= 11 is 0. The Kier molecular flexibility index (Phi) is 5.62. The molecule has 7 nitrogen and oxygen atoms in total. The highest BCUT2D eigenvalue weighted by molar-refractivity contribution is 7.86. The summed E-state index contributed by atoms with van der Waals surface area (Å²) in [6, 6.07) is 10.4. The third-order valence-corrected chi connectivity index (χ3v) is 3.59. The van der Waals surface area contributed by atoms with Crippen molar-refractivity contribution in [2.75, 3.05) is 20.5 Å². The lowest BCUT2D eigenvalue weighted by Crippen LogP contribution is -2.01. The first kappa shape index (κ1) is 18.3. The molecule has 0 bridgehead atoms. The van der Waals surface area contributed by atoms with Gasteiger partial charge in [-0.25, -0.2) is 0 Å². The number of methoxy groups -OCH3 is 2. The van der Waals surface area contributed by atoms with Crippen molar-refractivity contribution < 1.29 is 22.1 Å². The average molecular weight is 360 g/mol. The number of allylic oxidation sites excluding steroid dienone is 1. The first-order chi connectivity index (χ1) is 11.9. The molecule has 0 fully saturated rings. The third kappa shape index (κ3) is 4.96. The molecule has 1 aromatic carbocycles. The highest BCUT2D eigenvalue weighted by Gasteiger charge is 2.09. The zero-order valence-corrected chi connectivity index (χ0v) is 14.7. The second kappa shape index (κ2) is 7.68. The fourth-order valence-electron chi connectivity index (χ4n) is 2.08. The minimum atomic E-state index is -3.77. The molecule has 1 aromatic heterocycles. The van der Waals surface area contributed by atoms with Crippen molar-refractivity contribution in [1.82, 2.24) is 4.98 Å². The largest absolute Gasteiger partial charge is 0.493 e. The number of aromatic nitrogens is 1. The molecular weight excluding hydrogens is 344 g/mol. The van der Waals surface area contributed by atoms with Crippen LogP contribution in [0.4, 0.5) is 0 Å². The van der Waals surface area contributed by atoms with Gasteiger partial charge in [0, 0.05) is 17.8 Å². The topological polar surface area (TPSA) is 98.5 Å². The van der Waals surface area contributed by atoms with Gasteiger partial charge in [-0.15, -0.1) is 0 Å². The van der Waals surface area contributed by atoms with Gasteiger partial charge in [0.2, 0.25) is 5.76 Å². The molecule has 0 saturated heterocycles. The summed E-state index contributed by atoms with van der Waals surface area (Å²) < 4.78 is 37.4. The fraction of sp³-hybridized carbons (Fsp3) is 0.176. The summed E-state index contributed by atoms with van der Waals surface area (Å²) in [5.41, 5.74) is 1.96. The zero-order chi connectivity index (χ0) is 18.4. The molecule has 0 spiro atoms. The van der Waals surface area contributed by atoms with E-state index in [0.29, 0.717) is 22.8 Å². The van der Waals surface area contributed by atoms with Gasteiger partial charge in [0.1, 0.15) is 6.07 Å². The molecule has 0 aliphatic heterocycles. The Hall–Kier alpha value is -3.05. The van der Waals surface area contributed by atoms with Crippen molar-refractivity contribution in [3.05, 3.63) is 47.9 Å². The molecule has 25 heavy (non-hydrogen) atoms. The molecule has 0 amide bonds. The minimum Gasteiger partial charge on any atom is -0.493 e. The second-order valence-corrected chi connectivity index (χ2v) is 6.53. The van der Waals surface area contributed by atoms with Crippen LogP contribution in [0.5, 0.6) is 11.5 Å². The summed E-state index contributed by atoms with van der Waals surface area (Å²) in [6.07, 6.45) is 3.75. The predicted octanol–water partition coefficient (Wildman–Crippen LogP) is 2.61. The van der Waals surface area contributed by atoms with Crippen molar-refractivity contribution >= 4 is 16.2 Å². The van der Waals surface area contributed by atoms with Gasteiger partial charge in [-0.2, -0.15) is 13.7 Å². The Balaban J connectivity index is 2.41. The smallest absolute Gasteiger partial charge is 0.306 e. The third-order valence-electron chi connectivity index (χ3n) is 3.11. The van der Waals surface area contributed by atoms with Crippen LogP contribution in [0.1, 0.15) is 5.56 Å². The van der Waals surface area contributed by atoms with E-state index in [1.54, 1.807) is 43.6 Å². The highest BCUT2D eigenvalue weighted by atomic mass is 32.2. The van der Waals surface area contributed by atoms with Gasteiger partial charge >= 0.3 is 10.1 Å². The summed E-state index contributed by atoms with van der Waals surface area (Å²) in [6.45, 7) is 0. The molecule has 0 aliphatic carbocycles. The lowest BCUT2D eigenvalue weighted by Gasteiger charge is -2.09. The number of hydrogen-bond donors (Lipinski definition) is 0. The Bertz CT molecular complexity index is 946. The van der Waals surface area contributed by atoms with Crippen LogP contribution in [0.2, 0.25) is 0 Å². The van der Waals surface area contributed by atoms with E-state index in [4.69, 9.17) is 14.7 Å². The van der Waals surface area contributed by atoms with Crippen molar-refractivity contribution in [3.8, 4) is 28.8 Å². The maximum atomic E-state index is 11.2. The summed E-state index contributed by atoms with van der Waals surface area (Å²) in [4.78, 5) is 4.28. The van der Waals surface area contributed by atoms with Crippen LogP contribution < -0.4 is 9.47 Å². The van der Waals surface area contributed by atoms with Crippen LogP contribution >= 0.6 is 0 Å². The number of ether oxygens (including phenoxy) is 2. The number of rotatable bonds is 6. The number of pyridine rings is 1. The summed E-state index contributed by atoms with van der Waals surface area (Å²) in [5.74, 6) is 0.823. The second-order valence-electron chi connectivity index (χ2n) is 4.95. The molecule has 130 valence electrons. The van der Waals surface area contributed by atoms with Crippen LogP contribution in [0, 0.1) is 11.3 Å². The monoisotopic (exact) mass is 360 g/mol. The zero-order valence-electron chi connectivity index (χ0n) is 13.9. The predicted molar refractivity (Wildman–Crippen MR) is 92.3 cm³/mol. The first-order valence-electron chi connectivity index (χ1n) is 7.06. The van der Waals surface area contributed by atoms with Crippen LogP contribution in [-0.2, 0) is 14.3 Å². The summed E-state index contributed by atoms with van der Waals surface area (Å²) in [5, 5.41) is 9.01. The molecule has 0 radical (unpaired) electrons. The maximum Gasteiger partial charge on any atom is 0.306 e. The average Bonchev–Trinajstić information content (AvgIpc) is 2.59. The van der Waals surface area contributed by atoms with E-state index in [9.17, 15) is 8.42 Å². The van der Waals surface area contributed by atoms with E-state index in [1.165, 1.54) is 13.2 Å². The quantitative estimate of drug-likeness (QED) is 0.443. The number of nitrogens with zero attached hydrogens (tertiary/aromatic N) is 2. The van der Waals surface area contributed by atoms with Crippen LogP contribution in [0.15, 0.2) is 42.3 Å². The Morgan fingerprint density at radius 1 is 1.16 bits per heavy atom. The van der Waals surface area contributed by atoms with Crippen LogP contribution in [0.3, 0.4) is 0 Å². The van der Waals surface area contributed by atoms with E-state index in [-0.39, 0.29) is 5.76 Å². The van der Waals surface area contributed by atoms with Gasteiger partial charge in [0.25, 0.3) is 0 Å². The Morgan fingerprint density at radius 2 is 1.88 bits per heavy atom. The molecule has 0 N–H and O–H groups in total. The Morgan fingerprint density at radius 3 is 2.48 bits per heavy atom. The fourth-order valence-corrected chi connectivity index (χ4v) is 2.49. The van der Waals surface area contributed by atoms with E-state index >= 15 is 0 Å². The lowest BCUT2D eigenvalue weighted by molar-refractivity contribution is 0.355. The van der Waals surface area contributed by atoms with Gasteiger partial charge in [-0.1, -0.05) is 0 Å². The molecule has 0 saturated carbocycles. The molecule has 0 atom stereocenters. The van der Waals surface area contributed by atoms with Gasteiger partial charge in [-0.3, -0.25) is 4.98 Å². The van der Waals surface area contributed by atoms with Crippen LogP contribution in [-0.4, -0.2) is 33.9 Å². The Labute approximate surface area is 146 Å². The molecule has 2 aromatic rings. The van der Waals surface area contributed by atoms with Crippen molar-refractivity contribution in [1.29, 1.82) is 5.26 Å². The van der Waals surface area contributed by atoms with Crippen molar-refractivity contribution in [2.45, 2.75) is 0 Å². The van der Waals surface area contributed by atoms with E-state index in [1.807, 2.05) is 6.07 Å². The van der Waals surface area contributed by atoms with Gasteiger partial charge in [0.15, 0.2) is 11.5 Å². The van der Waals surface area contributed by atoms with E-state index in [2.05, 4.69) is 9.17 Å².